The lowest BCUT2D eigenvalue weighted by Crippen LogP contribution is -2.35. The van der Waals surface area contributed by atoms with Gasteiger partial charge in [-0.05, 0) is 24.1 Å². The number of carbonyl (C=O) groups excluding carboxylic acids is 1. The predicted octanol–water partition coefficient (Wildman–Crippen LogP) is 2.08. The fraction of sp³-hybridized carbons (Fsp3) is 0.188. The van der Waals surface area contributed by atoms with Crippen LogP contribution in [0.1, 0.15) is 22.7 Å². The van der Waals surface area contributed by atoms with Crippen LogP contribution in [0.3, 0.4) is 0 Å². The van der Waals surface area contributed by atoms with Crippen LogP contribution in [0.5, 0.6) is 0 Å². The van der Waals surface area contributed by atoms with Crippen LogP contribution < -0.4 is 11.1 Å². The van der Waals surface area contributed by atoms with Gasteiger partial charge >= 0.3 is 0 Å². The SMILES string of the molecule is Cc1ccc(CNC(=O)C(C(N)=S)c2ccccc2)cn1. The van der Waals surface area contributed by atoms with Gasteiger partial charge in [0.2, 0.25) is 5.91 Å². The Hall–Kier alpha value is -2.27. The van der Waals surface area contributed by atoms with Crippen LogP contribution in [-0.2, 0) is 11.3 Å². The maximum absolute atomic E-state index is 12.3. The zero-order valence-electron chi connectivity index (χ0n) is 11.7. The zero-order valence-corrected chi connectivity index (χ0v) is 12.6. The molecule has 1 amide bonds. The molecule has 108 valence electrons. The zero-order chi connectivity index (χ0) is 15.2. The Kier molecular flexibility index (Phi) is 5.00. The first-order valence-electron chi connectivity index (χ1n) is 6.61. The van der Waals surface area contributed by atoms with Gasteiger partial charge in [0.05, 0.1) is 4.99 Å². The number of nitrogens with one attached hydrogen (secondary N) is 1. The van der Waals surface area contributed by atoms with Crippen molar-refractivity contribution in [1.82, 2.24) is 10.3 Å². The molecular formula is C16H17N3OS. The van der Waals surface area contributed by atoms with Crippen molar-refractivity contribution in [2.45, 2.75) is 19.4 Å². The van der Waals surface area contributed by atoms with E-state index in [0.717, 1.165) is 16.8 Å². The molecule has 0 saturated heterocycles. The van der Waals surface area contributed by atoms with E-state index in [1.54, 1.807) is 6.20 Å². The molecule has 2 aromatic rings. The number of carbonyl (C=O) groups is 1. The van der Waals surface area contributed by atoms with E-state index >= 15 is 0 Å². The van der Waals surface area contributed by atoms with Crippen molar-refractivity contribution < 1.29 is 4.79 Å². The first-order chi connectivity index (χ1) is 10.1. The number of aryl methyl sites for hydroxylation is 1. The standard InChI is InChI=1S/C16H17N3OS/c1-11-7-8-12(9-18-11)10-19-16(20)14(15(17)21)13-5-3-2-4-6-13/h2-9,14H,10H2,1H3,(H2,17,21)(H,19,20). The number of hydrogen-bond donors (Lipinski definition) is 2. The molecule has 1 unspecified atom stereocenters. The van der Waals surface area contributed by atoms with Gasteiger partial charge in [-0.3, -0.25) is 9.78 Å². The van der Waals surface area contributed by atoms with Gasteiger partial charge in [-0.25, -0.2) is 0 Å². The number of aromatic nitrogens is 1. The van der Waals surface area contributed by atoms with Crippen LogP contribution >= 0.6 is 12.2 Å². The Labute approximate surface area is 129 Å². The molecule has 3 N–H and O–H groups in total. The lowest BCUT2D eigenvalue weighted by Gasteiger charge is -2.16. The molecule has 21 heavy (non-hydrogen) atoms. The second-order valence-corrected chi connectivity index (χ2v) is 5.24. The molecule has 1 atom stereocenters. The number of benzene rings is 1. The first kappa shape index (κ1) is 15.1. The van der Waals surface area contributed by atoms with Crippen LogP contribution in [-0.4, -0.2) is 15.9 Å². The third kappa shape index (κ3) is 4.10. The van der Waals surface area contributed by atoms with E-state index in [1.165, 1.54) is 0 Å². The predicted molar refractivity (Wildman–Crippen MR) is 86.8 cm³/mol. The van der Waals surface area contributed by atoms with Crippen molar-refractivity contribution in [3.05, 3.63) is 65.5 Å². The minimum absolute atomic E-state index is 0.167. The van der Waals surface area contributed by atoms with E-state index in [0.29, 0.717) is 6.54 Å². The highest BCUT2D eigenvalue weighted by Crippen LogP contribution is 2.16. The molecule has 0 radical (unpaired) electrons. The van der Waals surface area contributed by atoms with E-state index < -0.39 is 5.92 Å². The summed E-state index contributed by atoms with van der Waals surface area (Å²) in [4.78, 5) is 16.7. The van der Waals surface area contributed by atoms with Crippen molar-refractivity contribution in [3.63, 3.8) is 0 Å². The Morgan fingerprint density at radius 2 is 2.00 bits per heavy atom. The van der Waals surface area contributed by atoms with E-state index in [9.17, 15) is 4.79 Å². The Morgan fingerprint density at radius 3 is 2.57 bits per heavy atom. The van der Waals surface area contributed by atoms with Gasteiger partial charge in [0.25, 0.3) is 0 Å². The smallest absolute Gasteiger partial charge is 0.234 e. The molecule has 0 fully saturated rings. The van der Waals surface area contributed by atoms with E-state index in [1.807, 2.05) is 49.4 Å². The second kappa shape index (κ2) is 6.95. The van der Waals surface area contributed by atoms with Crippen LogP contribution in [0.4, 0.5) is 0 Å². The number of thiocarbonyl (C=S) groups is 1. The van der Waals surface area contributed by atoms with Crippen molar-refractivity contribution >= 4 is 23.1 Å². The molecule has 0 aliphatic heterocycles. The molecule has 1 aromatic heterocycles. The number of rotatable bonds is 5. The third-order valence-corrected chi connectivity index (χ3v) is 3.35. The summed E-state index contributed by atoms with van der Waals surface area (Å²) in [5.41, 5.74) is 8.39. The summed E-state index contributed by atoms with van der Waals surface area (Å²) in [6, 6.07) is 13.1. The monoisotopic (exact) mass is 299 g/mol. The molecule has 0 bridgehead atoms. The maximum atomic E-state index is 12.3. The van der Waals surface area contributed by atoms with Gasteiger partial charge in [-0.15, -0.1) is 0 Å². The van der Waals surface area contributed by atoms with Gasteiger partial charge in [0.1, 0.15) is 5.92 Å². The van der Waals surface area contributed by atoms with E-state index in [2.05, 4.69) is 10.3 Å². The fourth-order valence-corrected chi connectivity index (χ4v) is 2.23. The Bertz CT molecular complexity index is 626. The van der Waals surface area contributed by atoms with Gasteiger partial charge < -0.3 is 11.1 Å². The number of pyridine rings is 1. The van der Waals surface area contributed by atoms with Gasteiger partial charge in [0.15, 0.2) is 0 Å². The lowest BCUT2D eigenvalue weighted by atomic mass is 9.98. The maximum Gasteiger partial charge on any atom is 0.234 e. The number of nitrogens with zero attached hydrogens (tertiary/aromatic N) is 1. The molecule has 2 rings (SSSR count). The Balaban J connectivity index is 2.06. The normalized spacial score (nSPS) is 11.7. The summed E-state index contributed by atoms with van der Waals surface area (Å²) < 4.78 is 0. The minimum atomic E-state index is -0.611. The van der Waals surface area contributed by atoms with E-state index in [4.69, 9.17) is 18.0 Å². The highest BCUT2D eigenvalue weighted by molar-refractivity contribution is 7.80. The molecule has 1 aromatic carbocycles. The van der Waals surface area contributed by atoms with Crippen molar-refractivity contribution in [1.29, 1.82) is 0 Å². The fourth-order valence-electron chi connectivity index (χ4n) is 1.98. The highest BCUT2D eigenvalue weighted by Gasteiger charge is 2.22. The summed E-state index contributed by atoms with van der Waals surface area (Å²) in [6.45, 7) is 2.32. The number of nitrogens with two attached hydrogens (primary N) is 1. The molecular weight excluding hydrogens is 282 g/mol. The summed E-state index contributed by atoms with van der Waals surface area (Å²) in [6.07, 6.45) is 1.74. The van der Waals surface area contributed by atoms with Gasteiger partial charge in [-0.1, -0.05) is 48.6 Å². The van der Waals surface area contributed by atoms with E-state index in [-0.39, 0.29) is 10.9 Å². The molecule has 5 heteroatoms. The Morgan fingerprint density at radius 1 is 1.29 bits per heavy atom. The van der Waals surface area contributed by atoms with Crippen LogP contribution in [0.25, 0.3) is 0 Å². The van der Waals surface area contributed by atoms with Crippen molar-refractivity contribution in [3.8, 4) is 0 Å². The summed E-state index contributed by atoms with van der Waals surface area (Å²) in [5.74, 6) is -0.811. The van der Waals surface area contributed by atoms with Gasteiger partial charge in [-0.2, -0.15) is 0 Å². The summed E-state index contributed by atoms with van der Waals surface area (Å²) in [7, 11) is 0. The molecule has 0 saturated carbocycles. The average Bonchev–Trinajstić information content (AvgIpc) is 2.47. The summed E-state index contributed by atoms with van der Waals surface area (Å²) >= 11 is 5.03. The topological polar surface area (TPSA) is 68.0 Å². The van der Waals surface area contributed by atoms with Crippen molar-refractivity contribution in [2.24, 2.45) is 5.73 Å². The molecule has 0 aliphatic carbocycles. The third-order valence-electron chi connectivity index (χ3n) is 3.12. The van der Waals surface area contributed by atoms with Crippen LogP contribution in [0.2, 0.25) is 0 Å². The largest absolute Gasteiger partial charge is 0.392 e. The van der Waals surface area contributed by atoms with Crippen molar-refractivity contribution in [2.75, 3.05) is 0 Å². The van der Waals surface area contributed by atoms with Gasteiger partial charge in [0, 0.05) is 18.4 Å². The molecule has 1 heterocycles. The lowest BCUT2D eigenvalue weighted by molar-refractivity contribution is -0.121. The number of amides is 1. The minimum Gasteiger partial charge on any atom is -0.392 e. The summed E-state index contributed by atoms with van der Waals surface area (Å²) in [5, 5.41) is 2.85. The average molecular weight is 299 g/mol. The molecule has 0 spiro atoms. The number of hydrogen-bond acceptors (Lipinski definition) is 3. The highest BCUT2D eigenvalue weighted by atomic mass is 32.1. The quantitative estimate of drug-likeness (QED) is 0.829. The van der Waals surface area contributed by atoms with Crippen LogP contribution in [0.15, 0.2) is 48.7 Å². The second-order valence-electron chi connectivity index (χ2n) is 4.77. The molecule has 4 nitrogen and oxygen atoms in total. The van der Waals surface area contributed by atoms with Crippen LogP contribution in [0, 0.1) is 6.92 Å². The molecule has 0 aliphatic rings. The first-order valence-corrected chi connectivity index (χ1v) is 7.02.